The summed E-state index contributed by atoms with van der Waals surface area (Å²) >= 11 is 0. The molecule has 2 unspecified atom stereocenters. The van der Waals surface area contributed by atoms with Crippen LogP contribution in [0.25, 0.3) is 0 Å². The minimum Gasteiger partial charge on any atom is -0.491 e. The number of fused-ring (bicyclic) bond motifs is 2. The number of carbonyl (C=O) groups is 1. The molecular formula is C18H29Cl2N3O2. The van der Waals surface area contributed by atoms with Gasteiger partial charge < -0.3 is 20.3 Å². The van der Waals surface area contributed by atoms with E-state index in [9.17, 15) is 4.79 Å². The molecule has 142 valence electrons. The lowest BCUT2D eigenvalue weighted by Gasteiger charge is -2.29. The summed E-state index contributed by atoms with van der Waals surface area (Å²) in [7, 11) is 4.01. The highest BCUT2D eigenvalue weighted by molar-refractivity contribution is 5.97. The Balaban J connectivity index is 0.00000156. The number of likely N-dealkylation sites (N-methyl/N-ethyl adjacent to an activating group) is 1. The molecule has 0 saturated carbocycles. The van der Waals surface area contributed by atoms with E-state index in [1.165, 1.54) is 12.8 Å². The van der Waals surface area contributed by atoms with Crippen LogP contribution in [0.15, 0.2) is 24.3 Å². The highest BCUT2D eigenvalue weighted by atomic mass is 35.5. The Morgan fingerprint density at radius 2 is 1.84 bits per heavy atom. The zero-order valence-corrected chi connectivity index (χ0v) is 16.5. The Labute approximate surface area is 162 Å². The fourth-order valence-electron chi connectivity index (χ4n) is 3.56. The largest absolute Gasteiger partial charge is 0.491 e. The summed E-state index contributed by atoms with van der Waals surface area (Å²) in [4.78, 5) is 14.7. The molecule has 1 amide bonds. The summed E-state index contributed by atoms with van der Waals surface area (Å²) in [6.07, 6.45) is 4.54. The molecule has 2 saturated heterocycles. The lowest BCUT2D eigenvalue weighted by molar-refractivity contribution is 0.0919. The van der Waals surface area contributed by atoms with Gasteiger partial charge in [-0.05, 0) is 51.9 Å². The number of nitrogens with zero attached hydrogens (tertiary/aromatic N) is 1. The molecule has 2 N–H and O–H groups in total. The fraction of sp³-hybridized carbons (Fsp3) is 0.611. The summed E-state index contributed by atoms with van der Waals surface area (Å²) in [5.74, 6) is 0.653. The third-order valence-corrected chi connectivity index (χ3v) is 4.74. The van der Waals surface area contributed by atoms with Crippen LogP contribution in [0.2, 0.25) is 0 Å². The van der Waals surface area contributed by atoms with E-state index < -0.39 is 0 Å². The third-order valence-electron chi connectivity index (χ3n) is 4.74. The highest BCUT2D eigenvalue weighted by Crippen LogP contribution is 2.27. The number of benzene rings is 1. The Kier molecular flexibility index (Phi) is 9.00. The first-order chi connectivity index (χ1) is 11.1. The van der Waals surface area contributed by atoms with Crippen molar-refractivity contribution in [1.82, 2.24) is 15.5 Å². The third kappa shape index (κ3) is 6.03. The van der Waals surface area contributed by atoms with E-state index in [0.717, 1.165) is 19.4 Å². The van der Waals surface area contributed by atoms with E-state index in [0.29, 0.717) is 30.0 Å². The maximum Gasteiger partial charge on any atom is 0.255 e. The van der Waals surface area contributed by atoms with Crippen LogP contribution in [0.4, 0.5) is 0 Å². The van der Waals surface area contributed by atoms with Crippen molar-refractivity contribution in [2.45, 2.75) is 43.8 Å². The lowest BCUT2D eigenvalue weighted by atomic mass is 9.99. The van der Waals surface area contributed by atoms with Gasteiger partial charge in [0.1, 0.15) is 12.4 Å². The number of hydrogen-bond acceptors (Lipinski definition) is 4. The Morgan fingerprint density at radius 1 is 1.20 bits per heavy atom. The first-order valence-corrected chi connectivity index (χ1v) is 8.55. The zero-order chi connectivity index (χ0) is 16.2. The average molecular weight is 390 g/mol. The summed E-state index contributed by atoms with van der Waals surface area (Å²) in [5.41, 5.74) is 0.636. The Bertz CT molecular complexity index is 545. The van der Waals surface area contributed by atoms with Crippen LogP contribution >= 0.6 is 24.8 Å². The summed E-state index contributed by atoms with van der Waals surface area (Å²) in [5, 5.41) is 6.81. The van der Waals surface area contributed by atoms with E-state index in [1.807, 2.05) is 38.4 Å². The van der Waals surface area contributed by atoms with Crippen molar-refractivity contribution < 1.29 is 9.53 Å². The second-order valence-corrected chi connectivity index (χ2v) is 6.93. The highest BCUT2D eigenvalue weighted by Gasteiger charge is 2.34. The number of para-hydroxylation sites is 1. The number of ether oxygens (including phenoxy) is 1. The molecule has 2 heterocycles. The molecule has 0 aliphatic carbocycles. The average Bonchev–Trinajstić information content (AvgIpc) is 2.86. The molecule has 0 spiro atoms. The smallest absolute Gasteiger partial charge is 0.255 e. The van der Waals surface area contributed by atoms with Crippen molar-refractivity contribution in [3.63, 3.8) is 0 Å². The van der Waals surface area contributed by atoms with Crippen molar-refractivity contribution in [3.8, 4) is 5.75 Å². The van der Waals surface area contributed by atoms with Gasteiger partial charge in [-0.3, -0.25) is 4.79 Å². The molecule has 3 rings (SSSR count). The van der Waals surface area contributed by atoms with Crippen LogP contribution in [0.1, 0.15) is 36.0 Å². The van der Waals surface area contributed by atoms with Gasteiger partial charge in [0.2, 0.25) is 0 Å². The molecule has 1 aromatic rings. The topological polar surface area (TPSA) is 53.6 Å². The van der Waals surface area contributed by atoms with Crippen molar-refractivity contribution in [1.29, 1.82) is 0 Å². The number of rotatable bonds is 6. The van der Waals surface area contributed by atoms with E-state index >= 15 is 0 Å². The summed E-state index contributed by atoms with van der Waals surface area (Å²) in [6.45, 7) is 1.41. The van der Waals surface area contributed by atoms with Crippen LogP contribution in [0.5, 0.6) is 5.75 Å². The molecule has 7 heteroatoms. The van der Waals surface area contributed by atoms with Crippen LogP contribution in [-0.2, 0) is 0 Å². The molecule has 2 bridgehead atoms. The van der Waals surface area contributed by atoms with Crippen LogP contribution in [0, 0.1) is 0 Å². The molecule has 0 aromatic heterocycles. The van der Waals surface area contributed by atoms with Gasteiger partial charge in [-0.25, -0.2) is 0 Å². The second kappa shape index (κ2) is 10.2. The number of halogens is 2. The van der Waals surface area contributed by atoms with Crippen molar-refractivity contribution >= 4 is 30.7 Å². The molecule has 2 fully saturated rings. The monoisotopic (exact) mass is 389 g/mol. The summed E-state index contributed by atoms with van der Waals surface area (Å²) in [6, 6.07) is 8.94. The second-order valence-electron chi connectivity index (χ2n) is 6.93. The van der Waals surface area contributed by atoms with Gasteiger partial charge in [0.05, 0.1) is 5.56 Å². The SMILES string of the molecule is CN(C)CCOc1ccccc1C(=O)NC1CC2CCC(C1)N2.Cl.Cl. The van der Waals surface area contributed by atoms with Crippen molar-refractivity contribution in [3.05, 3.63) is 29.8 Å². The number of piperidine rings is 1. The Hall–Kier alpha value is -1.01. The van der Waals surface area contributed by atoms with Gasteiger partial charge in [-0.15, -0.1) is 24.8 Å². The molecular weight excluding hydrogens is 361 g/mol. The molecule has 25 heavy (non-hydrogen) atoms. The van der Waals surface area contributed by atoms with Gasteiger partial charge >= 0.3 is 0 Å². The molecule has 2 atom stereocenters. The van der Waals surface area contributed by atoms with E-state index in [2.05, 4.69) is 15.5 Å². The van der Waals surface area contributed by atoms with Gasteiger partial charge in [-0.2, -0.15) is 0 Å². The maximum atomic E-state index is 12.6. The molecule has 5 nitrogen and oxygen atoms in total. The van der Waals surface area contributed by atoms with Gasteiger partial charge in [0.25, 0.3) is 5.91 Å². The number of amides is 1. The molecule has 2 aliphatic rings. The van der Waals surface area contributed by atoms with Crippen molar-refractivity contribution in [2.75, 3.05) is 27.2 Å². The first kappa shape index (κ1) is 22.0. The van der Waals surface area contributed by atoms with E-state index in [4.69, 9.17) is 4.74 Å². The van der Waals surface area contributed by atoms with Crippen LogP contribution in [-0.4, -0.2) is 56.2 Å². The van der Waals surface area contributed by atoms with E-state index in [1.54, 1.807) is 0 Å². The van der Waals surface area contributed by atoms with Gasteiger partial charge in [-0.1, -0.05) is 12.1 Å². The van der Waals surface area contributed by atoms with Crippen LogP contribution in [0.3, 0.4) is 0 Å². The van der Waals surface area contributed by atoms with Gasteiger partial charge in [0, 0.05) is 24.7 Å². The number of hydrogen-bond donors (Lipinski definition) is 2. The predicted octanol–water partition coefficient (Wildman–Crippen LogP) is 2.48. The number of nitrogens with one attached hydrogen (secondary N) is 2. The Morgan fingerprint density at radius 3 is 2.48 bits per heavy atom. The van der Waals surface area contributed by atoms with E-state index in [-0.39, 0.29) is 36.8 Å². The normalized spacial score (nSPS) is 24.2. The zero-order valence-electron chi connectivity index (χ0n) is 14.9. The molecule has 0 radical (unpaired) electrons. The quantitative estimate of drug-likeness (QED) is 0.784. The lowest BCUT2D eigenvalue weighted by Crippen LogP contribution is -2.48. The first-order valence-electron chi connectivity index (χ1n) is 8.55. The van der Waals surface area contributed by atoms with Crippen LogP contribution < -0.4 is 15.4 Å². The standard InChI is InChI=1S/C18H27N3O2.2ClH/c1-21(2)9-10-23-17-6-4-3-5-16(17)18(22)20-15-11-13-7-8-14(12-15)19-13;;/h3-6,13-15,19H,7-12H2,1-2H3,(H,20,22);2*1H. The predicted molar refractivity (Wildman–Crippen MR) is 105 cm³/mol. The summed E-state index contributed by atoms with van der Waals surface area (Å²) < 4.78 is 5.80. The fourth-order valence-corrected chi connectivity index (χ4v) is 3.56. The van der Waals surface area contributed by atoms with Crippen molar-refractivity contribution in [2.24, 2.45) is 0 Å². The molecule has 2 aliphatic heterocycles. The minimum absolute atomic E-state index is 0. The minimum atomic E-state index is -0.0169. The molecule has 1 aromatic carbocycles. The van der Waals surface area contributed by atoms with Gasteiger partial charge in [0.15, 0.2) is 0 Å². The maximum absolute atomic E-state index is 12.6. The number of carbonyl (C=O) groups excluding carboxylic acids is 1.